The lowest BCUT2D eigenvalue weighted by Gasteiger charge is -2.26. The maximum atomic E-state index is 13.2. The summed E-state index contributed by atoms with van der Waals surface area (Å²) in [5.74, 6) is 0.564. The Labute approximate surface area is 132 Å². The van der Waals surface area contributed by atoms with Crippen LogP contribution in [0.5, 0.6) is 0 Å². The minimum Gasteiger partial charge on any atom is -0.351 e. The van der Waals surface area contributed by atoms with Gasteiger partial charge in [0.25, 0.3) is 0 Å². The minimum atomic E-state index is -0.206. The molecule has 0 heterocycles. The molecule has 1 fully saturated rings. The van der Waals surface area contributed by atoms with Gasteiger partial charge in [-0.1, -0.05) is 31.4 Å². The summed E-state index contributed by atoms with van der Waals surface area (Å²) in [6.07, 6.45) is 6.60. The lowest BCUT2D eigenvalue weighted by molar-refractivity contribution is -0.122. The predicted molar refractivity (Wildman–Crippen MR) is 87.1 cm³/mol. The van der Waals surface area contributed by atoms with Crippen molar-refractivity contribution in [1.82, 2.24) is 10.2 Å². The third kappa shape index (κ3) is 5.41. The molecule has 1 N–H and O–H groups in total. The van der Waals surface area contributed by atoms with Crippen molar-refractivity contribution in [3.8, 4) is 0 Å². The van der Waals surface area contributed by atoms with Crippen LogP contribution in [0.25, 0.3) is 0 Å². The van der Waals surface area contributed by atoms with E-state index < -0.39 is 0 Å². The summed E-state index contributed by atoms with van der Waals surface area (Å²) in [5.41, 5.74) is 1.54. The maximum Gasteiger partial charge on any atom is 0.234 e. The van der Waals surface area contributed by atoms with Crippen LogP contribution in [0.15, 0.2) is 18.2 Å². The highest BCUT2D eigenvalue weighted by atomic mass is 19.1. The number of nitrogens with one attached hydrogen (secondary N) is 1. The predicted octanol–water partition coefficient (Wildman–Crippen LogP) is 3.26. The number of likely N-dealkylation sites (N-methyl/N-ethyl adjacent to an activating group) is 1. The molecular formula is C18H27FN2O. The normalized spacial score (nSPS) is 16.0. The average Bonchev–Trinajstić information content (AvgIpc) is 2.49. The lowest BCUT2D eigenvalue weighted by atomic mass is 9.89. The number of benzene rings is 1. The van der Waals surface area contributed by atoms with Crippen LogP contribution >= 0.6 is 0 Å². The van der Waals surface area contributed by atoms with Gasteiger partial charge < -0.3 is 5.32 Å². The first kappa shape index (κ1) is 16.9. The van der Waals surface area contributed by atoms with Gasteiger partial charge in [0.15, 0.2) is 0 Å². The summed E-state index contributed by atoms with van der Waals surface area (Å²) >= 11 is 0. The van der Waals surface area contributed by atoms with Crippen LogP contribution in [-0.4, -0.2) is 30.9 Å². The number of nitrogens with zero attached hydrogens (tertiary/aromatic N) is 1. The number of rotatable bonds is 6. The van der Waals surface area contributed by atoms with Gasteiger partial charge in [-0.25, -0.2) is 4.39 Å². The zero-order valence-corrected chi connectivity index (χ0v) is 13.7. The van der Waals surface area contributed by atoms with Crippen LogP contribution in [0.1, 0.15) is 43.2 Å². The molecular weight excluding hydrogens is 279 g/mol. The molecule has 0 spiro atoms. The maximum absolute atomic E-state index is 13.2. The number of aryl methyl sites for hydroxylation is 1. The van der Waals surface area contributed by atoms with E-state index in [4.69, 9.17) is 0 Å². The monoisotopic (exact) mass is 306 g/mol. The van der Waals surface area contributed by atoms with Gasteiger partial charge in [-0.3, -0.25) is 9.69 Å². The number of hydrogen-bond donors (Lipinski definition) is 1. The highest BCUT2D eigenvalue weighted by Crippen LogP contribution is 2.23. The van der Waals surface area contributed by atoms with E-state index in [0.29, 0.717) is 18.7 Å². The summed E-state index contributed by atoms with van der Waals surface area (Å²) in [5, 5.41) is 2.91. The van der Waals surface area contributed by atoms with E-state index in [1.54, 1.807) is 19.1 Å². The smallest absolute Gasteiger partial charge is 0.234 e. The molecule has 0 aromatic heterocycles. The Hall–Kier alpha value is -1.42. The quantitative estimate of drug-likeness (QED) is 0.875. The lowest BCUT2D eigenvalue weighted by Crippen LogP contribution is -2.37. The van der Waals surface area contributed by atoms with Crippen molar-refractivity contribution < 1.29 is 9.18 Å². The van der Waals surface area contributed by atoms with E-state index in [0.717, 1.165) is 18.0 Å². The van der Waals surface area contributed by atoms with Gasteiger partial charge >= 0.3 is 0 Å². The van der Waals surface area contributed by atoms with Crippen LogP contribution < -0.4 is 5.32 Å². The summed E-state index contributed by atoms with van der Waals surface area (Å²) in [6, 6.07) is 4.95. The van der Waals surface area contributed by atoms with E-state index in [1.165, 1.54) is 38.2 Å². The minimum absolute atomic E-state index is 0.0280. The SMILES string of the molecule is Cc1cc(CNC(=O)CN(C)CC2CCCCC2)ccc1F. The van der Waals surface area contributed by atoms with Gasteiger partial charge in [-0.2, -0.15) is 0 Å². The number of halogens is 1. The number of amides is 1. The largest absolute Gasteiger partial charge is 0.351 e. The number of carbonyl (C=O) groups excluding carboxylic acids is 1. The molecule has 122 valence electrons. The van der Waals surface area contributed by atoms with Crippen LogP contribution in [0.3, 0.4) is 0 Å². The Morgan fingerprint density at radius 2 is 2.05 bits per heavy atom. The molecule has 22 heavy (non-hydrogen) atoms. The third-order valence-electron chi connectivity index (χ3n) is 4.42. The molecule has 1 aliphatic rings. The van der Waals surface area contributed by atoms with Crippen molar-refractivity contribution in [3.63, 3.8) is 0 Å². The number of hydrogen-bond acceptors (Lipinski definition) is 2. The molecule has 1 aromatic rings. The van der Waals surface area contributed by atoms with Gasteiger partial charge in [-0.05, 0) is 49.9 Å². The molecule has 0 saturated heterocycles. The molecule has 1 aliphatic carbocycles. The average molecular weight is 306 g/mol. The summed E-state index contributed by atoms with van der Waals surface area (Å²) in [6.45, 7) is 3.62. The topological polar surface area (TPSA) is 32.3 Å². The second kappa shape index (κ2) is 8.28. The summed E-state index contributed by atoms with van der Waals surface area (Å²) < 4.78 is 13.2. The highest BCUT2D eigenvalue weighted by molar-refractivity contribution is 5.77. The first-order valence-corrected chi connectivity index (χ1v) is 8.25. The van der Waals surface area contributed by atoms with Crippen LogP contribution in [0.4, 0.5) is 4.39 Å². The molecule has 0 atom stereocenters. The molecule has 3 nitrogen and oxygen atoms in total. The Balaban J connectivity index is 1.71. The molecule has 4 heteroatoms. The molecule has 0 bridgehead atoms. The van der Waals surface area contributed by atoms with Crippen LogP contribution in [0, 0.1) is 18.7 Å². The molecule has 2 rings (SSSR count). The van der Waals surface area contributed by atoms with E-state index >= 15 is 0 Å². The molecule has 1 amide bonds. The van der Waals surface area contributed by atoms with E-state index in [-0.39, 0.29) is 11.7 Å². The van der Waals surface area contributed by atoms with Crippen molar-refractivity contribution in [2.24, 2.45) is 5.92 Å². The first-order valence-electron chi connectivity index (χ1n) is 8.25. The van der Waals surface area contributed by atoms with E-state index in [2.05, 4.69) is 10.2 Å². The second-order valence-corrected chi connectivity index (χ2v) is 6.56. The standard InChI is InChI=1S/C18H27FN2O/c1-14-10-16(8-9-17(14)19)11-20-18(22)13-21(2)12-15-6-4-3-5-7-15/h8-10,15H,3-7,11-13H2,1-2H3,(H,20,22). The van der Waals surface area contributed by atoms with Gasteiger partial charge in [0.05, 0.1) is 6.54 Å². The van der Waals surface area contributed by atoms with Gasteiger partial charge in [0.2, 0.25) is 5.91 Å². The molecule has 1 saturated carbocycles. The van der Waals surface area contributed by atoms with Crippen LogP contribution in [-0.2, 0) is 11.3 Å². The zero-order chi connectivity index (χ0) is 15.9. The van der Waals surface area contributed by atoms with Crippen molar-refractivity contribution in [1.29, 1.82) is 0 Å². The van der Waals surface area contributed by atoms with Crippen molar-refractivity contribution in [3.05, 3.63) is 35.1 Å². The fourth-order valence-corrected chi connectivity index (χ4v) is 3.19. The molecule has 0 aliphatic heterocycles. The zero-order valence-electron chi connectivity index (χ0n) is 13.7. The van der Waals surface area contributed by atoms with E-state index in [9.17, 15) is 9.18 Å². The van der Waals surface area contributed by atoms with Crippen LogP contribution in [0.2, 0.25) is 0 Å². The van der Waals surface area contributed by atoms with Gasteiger partial charge in [0, 0.05) is 13.1 Å². The van der Waals surface area contributed by atoms with Gasteiger partial charge in [0.1, 0.15) is 5.82 Å². The fourth-order valence-electron chi connectivity index (χ4n) is 3.19. The Bertz CT molecular complexity index is 498. The third-order valence-corrected chi connectivity index (χ3v) is 4.42. The van der Waals surface area contributed by atoms with E-state index in [1.807, 2.05) is 7.05 Å². The summed E-state index contributed by atoms with van der Waals surface area (Å²) in [4.78, 5) is 14.1. The highest BCUT2D eigenvalue weighted by Gasteiger charge is 2.16. The second-order valence-electron chi connectivity index (χ2n) is 6.56. The molecule has 1 aromatic carbocycles. The summed E-state index contributed by atoms with van der Waals surface area (Å²) in [7, 11) is 2.01. The van der Waals surface area contributed by atoms with Crippen molar-refractivity contribution in [2.45, 2.75) is 45.6 Å². The Morgan fingerprint density at radius 1 is 1.32 bits per heavy atom. The molecule has 0 unspecified atom stereocenters. The number of carbonyl (C=O) groups is 1. The van der Waals surface area contributed by atoms with Crippen molar-refractivity contribution >= 4 is 5.91 Å². The Morgan fingerprint density at radius 3 is 2.73 bits per heavy atom. The first-order chi connectivity index (χ1) is 10.5. The molecule has 0 radical (unpaired) electrons. The van der Waals surface area contributed by atoms with Gasteiger partial charge in [-0.15, -0.1) is 0 Å². The van der Waals surface area contributed by atoms with Crippen molar-refractivity contribution in [2.75, 3.05) is 20.1 Å². The fraction of sp³-hybridized carbons (Fsp3) is 0.611. The Kier molecular flexibility index (Phi) is 6.37.